The molecule has 2 heterocycles. The number of carbonyl (C=O) groups is 1. The van der Waals surface area contributed by atoms with Crippen LogP contribution in [-0.4, -0.2) is 30.6 Å². The summed E-state index contributed by atoms with van der Waals surface area (Å²) in [7, 11) is 0. The SMILES string of the molecule is CC(NC(=O)c1ccc(CN2CCc3ccccc3C2)cc1)c1ccc2c(c1)OCCO2. The number of nitrogens with zero attached hydrogens (tertiary/aromatic N) is 1. The van der Waals surface area contributed by atoms with Crippen LogP contribution in [0.15, 0.2) is 66.7 Å². The fourth-order valence-electron chi connectivity index (χ4n) is 4.40. The van der Waals surface area contributed by atoms with Gasteiger partial charge < -0.3 is 14.8 Å². The molecule has 1 atom stereocenters. The van der Waals surface area contributed by atoms with Gasteiger partial charge in [0.25, 0.3) is 5.91 Å². The van der Waals surface area contributed by atoms with Gasteiger partial charge in [0.2, 0.25) is 0 Å². The lowest BCUT2D eigenvalue weighted by atomic mass is 9.99. The molecule has 0 aliphatic carbocycles. The number of rotatable bonds is 5. The van der Waals surface area contributed by atoms with Crippen molar-refractivity contribution >= 4 is 5.91 Å². The minimum atomic E-state index is -0.133. The fraction of sp³-hybridized carbons (Fsp3) is 0.296. The highest BCUT2D eigenvalue weighted by Gasteiger charge is 2.18. The van der Waals surface area contributed by atoms with Crippen molar-refractivity contribution < 1.29 is 14.3 Å². The molecule has 3 aromatic rings. The largest absolute Gasteiger partial charge is 0.486 e. The molecule has 5 rings (SSSR count). The van der Waals surface area contributed by atoms with E-state index in [-0.39, 0.29) is 11.9 Å². The minimum Gasteiger partial charge on any atom is -0.486 e. The molecule has 0 fully saturated rings. The second-order valence-corrected chi connectivity index (χ2v) is 8.52. The summed E-state index contributed by atoms with van der Waals surface area (Å²) in [6.07, 6.45) is 1.09. The van der Waals surface area contributed by atoms with E-state index in [2.05, 4.69) is 46.6 Å². The first-order valence-electron chi connectivity index (χ1n) is 11.2. The van der Waals surface area contributed by atoms with Crippen LogP contribution in [0, 0.1) is 0 Å². The molecule has 1 unspecified atom stereocenters. The first-order chi connectivity index (χ1) is 15.7. The van der Waals surface area contributed by atoms with Crippen LogP contribution in [0.1, 0.15) is 45.6 Å². The van der Waals surface area contributed by atoms with Gasteiger partial charge >= 0.3 is 0 Å². The molecule has 0 saturated carbocycles. The average Bonchev–Trinajstić information content (AvgIpc) is 2.84. The van der Waals surface area contributed by atoms with E-state index < -0.39 is 0 Å². The van der Waals surface area contributed by atoms with E-state index in [9.17, 15) is 4.79 Å². The van der Waals surface area contributed by atoms with Crippen LogP contribution in [0.3, 0.4) is 0 Å². The number of hydrogen-bond acceptors (Lipinski definition) is 4. The first-order valence-corrected chi connectivity index (χ1v) is 11.2. The lowest BCUT2D eigenvalue weighted by Gasteiger charge is -2.28. The standard InChI is InChI=1S/C27H28N2O3/c1-19(23-10-11-25-26(16-23)32-15-14-31-25)28-27(30)22-8-6-20(7-9-22)17-29-13-12-21-4-2-3-5-24(21)18-29/h2-11,16,19H,12-15,17-18H2,1H3,(H,28,30). The fourth-order valence-corrected chi connectivity index (χ4v) is 4.40. The van der Waals surface area contributed by atoms with Crippen LogP contribution in [0.5, 0.6) is 11.5 Å². The molecular formula is C27H28N2O3. The molecule has 5 nitrogen and oxygen atoms in total. The van der Waals surface area contributed by atoms with Crippen LogP contribution in [0.25, 0.3) is 0 Å². The summed E-state index contributed by atoms with van der Waals surface area (Å²) in [6.45, 7) is 6.03. The van der Waals surface area contributed by atoms with Crippen molar-refractivity contribution in [2.75, 3.05) is 19.8 Å². The van der Waals surface area contributed by atoms with Crippen molar-refractivity contribution in [2.24, 2.45) is 0 Å². The number of carbonyl (C=O) groups excluding carboxylic acids is 1. The highest BCUT2D eigenvalue weighted by molar-refractivity contribution is 5.94. The van der Waals surface area contributed by atoms with Crippen molar-refractivity contribution in [1.29, 1.82) is 0 Å². The summed E-state index contributed by atoms with van der Waals surface area (Å²) in [4.78, 5) is 15.2. The molecule has 0 saturated heterocycles. The Bertz CT molecular complexity index is 1110. The Hall–Kier alpha value is -3.31. The van der Waals surface area contributed by atoms with Crippen LogP contribution < -0.4 is 14.8 Å². The van der Waals surface area contributed by atoms with Crippen molar-refractivity contribution in [3.05, 3.63) is 94.5 Å². The molecule has 0 bridgehead atoms. The number of ether oxygens (including phenoxy) is 2. The maximum atomic E-state index is 12.8. The molecule has 5 heteroatoms. The van der Waals surface area contributed by atoms with Gasteiger partial charge in [0.15, 0.2) is 11.5 Å². The third-order valence-corrected chi connectivity index (χ3v) is 6.25. The number of amides is 1. The maximum Gasteiger partial charge on any atom is 0.251 e. The van der Waals surface area contributed by atoms with Gasteiger partial charge in [-0.25, -0.2) is 0 Å². The zero-order chi connectivity index (χ0) is 21.9. The predicted octanol–water partition coefficient (Wildman–Crippen LogP) is 4.51. The van der Waals surface area contributed by atoms with Gasteiger partial charge in [-0.05, 0) is 59.9 Å². The van der Waals surface area contributed by atoms with Gasteiger partial charge in [0, 0.05) is 25.2 Å². The van der Waals surface area contributed by atoms with Crippen LogP contribution in [0.4, 0.5) is 0 Å². The van der Waals surface area contributed by atoms with E-state index in [4.69, 9.17) is 9.47 Å². The summed E-state index contributed by atoms with van der Waals surface area (Å²) in [5, 5.41) is 3.09. The van der Waals surface area contributed by atoms with Gasteiger partial charge in [-0.1, -0.05) is 42.5 Å². The summed E-state index contributed by atoms with van der Waals surface area (Å²) in [5.74, 6) is 1.41. The summed E-state index contributed by atoms with van der Waals surface area (Å²) in [6, 6.07) is 22.3. The van der Waals surface area contributed by atoms with Crippen molar-refractivity contribution in [3.8, 4) is 11.5 Å². The summed E-state index contributed by atoms with van der Waals surface area (Å²) >= 11 is 0. The third kappa shape index (κ3) is 4.48. The van der Waals surface area contributed by atoms with E-state index >= 15 is 0 Å². The maximum absolute atomic E-state index is 12.8. The lowest BCUT2D eigenvalue weighted by molar-refractivity contribution is 0.0939. The monoisotopic (exact) mass is 428 g/mol. The Labute approximate surface area is 189 Å². The predicted molar refractivity (Wildman–Crippen MR) is 124 cm³/mol. The molecule has 0 aromatic heterocycles. The average molecular weight is 429 g/mol. The van der Waals surface area contributed by atoms with E-state index in [1.165, 1.54) is 16.7 Å². The van der Waals surface area contributed by atoms with Crippen molar-refractivity contribution in [1.82, 2.24) is 10.2 Å². The Kier molecular flexibility index (Phi) is 5.82. The smallest absolute Gasteiger partial charge is 0.251 e. The zero-order valence-electron chi connectivity index (χ0n) is 18.3. The molecule has 1 N–H and O–H groups in total. The summed E-state index contributed by atoms with van der Waals surface area (Å²) < 4.78 is 11.2. The first kappa shape index (κ1) is 20.6. The van der Waals surface area contributed by atoms with Gasteiger partial charge in [-0.2, -0.15) is 0 Å². The number of fused-ring (bicyclic) bond motifs is 2. The topological polar surface area (TPSA) is 50.8 Å². The zero-order valence-corrected chi connectivity index (χ0v) is 18.3. The second kappa shape index (κ2) is 9.05. The number of nitrogens with one attached hydrogen (secondary N) is 1. The number of hydrogen-bond donors (Lipinski definition) is 1. The van der Waals surface area contributed by atoms with Gasteiger partial charge in [-0.3, -0.25) is 9.69 Å². The van der Waals surface area contributed by atoms with Crippen LogP contribution in [0.2, 0.25) is 0 Å². The molecule has 1 amide bonds. The van der Waals surface area contributed by atoms with E-state index in [0.717, 1.165) is 43.1 Å². The Morgan fingerprint density at radius 2 is 1.72 bits per heavy atom. The Morgan fingerprint density at radius 1 is 0.969 bits per heavy atom. The number of benzene rings is 3. The molecule has 2 aliphatic rings. The second-order valence-electron chi connectivity index (χ2n) is 8.52. The normalized spacial score (nSPS) is 16.2. The van der Waals surface area contributed by atoms with Gasteiger partial charge in [0.1, 0.15) is 13.2 Å². The highest BCUT2D eigenvalue weighted by atomic mass is 16.6. The molecule has 0 spiro atoms. The molecule has 3 aromatic carbocycles. The molecular weight excluding hydrogens is 400 g/mol. The van der Waals surface area contributed by atoms with E-state index in [1.807, 2.05) is 37.3 Å². The van der Waals surface area contributed by atoms with E-state index in [1.54, 1.807) is 0 Å². The van der Waals surface area contributed by atoms with Crippen LogP contribution >= 0.6 is 0 Å². The molecule has 32 heavy (non-hydrogen) atoms. The van der Waals surface area contributed by atoms with E-state index in [0.29, 0.717) is 18.8 Å². The molecule has 164 valence electrons. The third-order valence-electron chi connectivity index (χ3n) is 6.25. The highest BCUT2D eigenvalue weighted by Crippen LogP contribution is 2.32. The summed E-state index contributed by atoms with van der Waals surface area (Å²) in [5.41, 5.74) is 5.76. The quantitative estimate of drug-likeness (QED) is 0.650. The lowest BCUT2D eigenvalue weighted by Crippen LogP contribution is -2.30. The molecule has 0 radical (unpaired) electrons. The van der Waals surface area contributed by atoms with Gasteiger partial charge in [-0.15, -0.1) is 0 Å². The van der Waals surface area contributed by atoms with Crippen molar-refractivity contribution in [3.63, 3.8) is 0 Å². The Morgan fingerprint density at radius 3 is 2.53 bits per heavy atom. The van der Waals surface area contributed by atoms with Gasteiger partial charge in [0.05, 0.1) is 6.04 Å². The van der Waals surface area contributed by atoms with Crippen molar-refractivity contribution in [2.45, 2.75) is 32.5 Å². The Balaban J connectivity index is 1.19. The van der Waals surface area contributed by atoms with Crippen LogP contribution in [-0.2, 0) is 19.5 Å². The minimum absolute atomic E-state index is 0.0779. The molecule has 2 aliphatic heterocycles.